The summed E-state index contributed by atoms with van der Waals surface area (Å²) in [6.07, 6.45) is 5.07. The summed E-state index contributed by atoms with van der Waals surface area (Å²) in [5.74, 6) is 0. The first-order chi connectivity index (χ1) is 11.2. The second kappa shape index (κ2) is 7.70. The Hall–Kier alpha value is -1.72. The molecule has 23 heavy (non-hydrogen) atoms. The monoisotopic (exact) mass is 328 g/mol. The van der Waals surface area contributed by atoms with Gasteiger partial charge < -0.3 is 4.90 Å². The molecule has 0 radical (unpaired) electrons. The minimum Gasteiger partial charge on any atom is -0.348 e. The summed E-state index contributed by atoms with van der Waals surface area (Å²) in [5, 5.41) is 1.95. The third-order valence-corrected chi connectivity index (χ3v) is 4.71. The molecule has 1 aliphatic heterocycles. The number of hydrogen-bond donors (Lipinski definition) is 2. The van der Waals surface area contributed by atoms with Crippen LogP contribution in [0.5, 0.6) is 0 Å². The van der Waals surface area contributed by atoms with Gasteiger partial charge >= 0.3 is 0 Å². The van der Waals surface area contributed by atoms with Gasteiger partial charge in [-0.1, -0.05) is 37.1 Å². The maximum atomic E-state index is 5.51. The van der Waals surface area contributed by atoms with Crippen LogP contribution in [-0.2, 0) is 0 Å². The average Bonchev–Trinajstić information content (AvgIpc) is 2.88. The fourth-order valence-corrected chi connectivity index (χ4v) is 3.16. The molecule has 2 heterocycles. The molecule has 1 aliphatic rings. The van der Waals surface area contributed by atoms with Crippen LogP contribution in [0.15, 0.2) is 36.4 Å². The SMILES string of the molecule is C[C@H](NNC(=S)N1CCCCCC1)c1ccc2ccccc2n1. The zero-order valence-corrected chi connectivity index (χ0v) is 14.4. The Labute approximate surface area is 143 Å². The van der Waals surface area contributed by atoms with E-state index < -0.39 is 0 Å². The van der Waals surface area contributed by atoms with E-state index in [1.165, 1.54) is 25.7 Å². The number of pyridine rings is 1. The summed E-state index contributed by atoms with van der Waals surface area (Å²) in [7, 11) is 0. The van der Waals surface area contributed by atoms with Gasteiger partial charge in [-0.3, -0.25) is 10.4 Å². The summed E-state index contributed by atoms with van der Waals surface area (Å²) < 4.78 is 0. The summed E-state index contributed by atoms with van der Waals surface area (Å²) in [4.78, 5) is 6.98. The minimum absolute atomic E-state index is 0.0875. The first kappa shape index (κ1) is 16.1. The van der Waals surface area contributed by atoms with Gasteiger partial charge in [0, 0.05) is 18.5 Å². The van der Waals surface area contributed by atoms with Gasteiger partial charge in [-0.05, 0) is 44.1 Å². The van der Waals surface area contributed by atoms with E-state index in [1.54, 1.807) is 0 Å². The summed E-state index contributed by atoms with van der Waals surface area (Å²) in [6, 6.07) is 12.4. The number of nitrogens with zero attached hydrogens (tertiary/aromatic N) is 2. The molecule has 1 fully saturated rings. The van der Waals surface area contributed by atoms with Crippen molar-refractivity contribution in [1.82, 2.24) is 20.7 Å². The smallest absolute Gasteiger partial charge is 0.183 e. The Morgan fingerprint density at radius 2 is 1.83 bits per heavy atom. The molecule has 3 rings (SSSR count). The standard InChI is InChI=1S/C18H24N4S/c1-14(16-11-10-15-8-4-5-9-17(15)19-16)20-21-18(23)22-12-6-2-3-7-13-22/h4-5,8-11,14,20H,2-3,6-7,12-13H2,1H3,(H,21,23)/t14-/m0/s1. The number of hydrogen-bond acceptors (Lipinski definition) is 3. The van der Waals surface area contributed by atoms with Gasteiger partial charge in [-0.25, -0.2) is 5.43 Å². The highest BCUT2D eigenvalue weighted by Gasteiger charge is 2.13. The second-order valence-corrected chi connectivity index (χ2v) is 6.51. The Kier molecular flexibility index (Phi) is 5.41. The van der Waals surface area contributed by atoms with Gasteiger partial charge in [0.25, 0.3) is 0 Å². The van der Waals surface area contributed by atoms with Crippen molar-refractivity contribution >= 4 is 28.2 Å². The first-order valence-electron chi connectivity index (χ1n) is 8.40. The van der Waals surface area contributed by atoms with E-state index in [2.05, 4.69) is 40.9 Å². The van der Waals surface area contributed by atoms with Crippen molar-refractivity contribution in [3.63, 3.8) is 0 Å². The summed E-state index contributed by atoms with van der Waals surface area (Å²) in [6.45, 7) is 4.20. The summed E-state index contributed by atoms with van der Waals surface area (Å²) >= 11 is 5.51. The Morgan fingerprint density at radius 3 is 2.61 bits per heavy atom. The Balaban J connectivity index is 1.59. The van der Waals surface area contributed by atoms with Crippen molar-refractivity contribution in [3.8, 4) is 0 Å². The summed E-state index contributed by atoms with van der Waals surface area (Å²) in [5.41, 5.74) is 8.51. The van der Waals surface area contributed by atoms with Crippen LogP contribution in [0.3, 0.4) is 0 Å². The predicted octanol–water partition coefficient (Wildman–Crippen LogP) is 3.55. The van der Waals surface area contributed by atoms with Gasteiger partial charge in [0.1, 0.15) is 0 Å². The van der Waals surface area contributed by atoms with Crippen molar-refractivity contribution < 1.29 is 0 Å². The number of para-hydroxylation sites is 1. The van der Waals surface area contributed by atoms with E-state index in [4.69, 9.17) is 17.2 Å². The lowest BCUT2D eigenvalue weighted by molar-refractivity contribution is 0.407. The zero-order valence-electron chi connectivity index (χ0n) is 13.6. The van der Waals surface area contributed by atoms with Crippen molar-refractivity contribution in [2.75, 3.05) is 13.1 Å². The van der Waals surface area contributed by atoms with Gasteiger partial charge in [-0.15, -0.1) is 0 Å². The molecule has 0 bridgehead atoms. The highest BCUT2D eigenvalue weighted by Crippen LogP contribution is 2.16. The molecular weight excluding hydrogens is 304 g/mol. The Morgan fingerprint density at radius 1 is 1.09 bits per heavy atom. The number of aromatic nitrogens is 1. The molecule has 0 amide bonds. The van der Waals surface area contributed by atoms with Crippen molar-refractivity contribution in [1.29, 1.82) is 0 Å². The van der Waals surface area contributed by atoms with Crippen LogP contribution in [0.1, 0.15) is 44.3 Å². The molecule has 1 aromatic carbocycles. The van der Waals surface area contributed by atoms with Gasteiger partial charge in [0.15, 0.2) is 5.11 Å². The van der Waals surface area contributed by atoms with Crippen LogP contribution in [0.4, 0.5) is 0 Å². The van der Waals surface area contributed by atoms with Crippen LogP contribution < -0.4 is 10.9 Å². The molecule has 1 saturated heterocycles. The van der Waals surface area contributed by atoms with E-state index >= 15 is 0 Å². The fourth-order valence-electron chi connectivity index (χ4n) is 2.92. The van der Waals surface area contributed by atoms with Gasteiger partial charge in [0.2, 0.25) is 0 Å². The Bertz CT molecular complexity index is 665. The lowest BCUT2D eigenvalue weighted by atomic mass is 10.1. The number of thiocarbonyl (C=S) groups is 1. The van der Waals surface area contributed by atoms with Crippen LogP contribution in [-0.4, -0.2) is 28.1 Å². The molecule has 0 aliphatic carbocycles. The molecular formula is C18H24N4S. The first-order valence-corrected chi connectivity index (χ1v) is 8.81. The molecule has 0 saturated carbocycles. The van der Waals surface area contributed by atoms with Crippen molar-refractivity contribution in [2.24, 2.45) is 0 Å². The van der Waals surface area contributed by atoms with E-state index in [0.29, 0.717) is 0 Å². The maximum Gasteiger partial charge on any atom is 0.183 e. The highest BCUT2D eigenvalue weighted by molar-refractivity contribution is 7.80. The lowest BCUT2D eigenvalue weighted by Gasteiger charge is -2.25. The molecule has 5 heteroatoms. The highest BCUT2D eigenvalue weighted by atomic mass is 32.1. The van der Waals surface area contributed by atoms with Crippen LogP contribution >= 0.6 is 12.2 Å². The molecule has 2 aromatic rings. The predicted molar refractivity (Wildman–Crippen MR) is 99.1 cm³/mol. The zero-order chi connectivity index (χ0) is 16.1. The van der Waals surface area contributed by atoms with Crippen molar-refractivity contribution in [3.05, 3.63) is 42.1 Å². The van der Waals surface area contributed by atoms with Crippen LogP contribution in [0.2, 0.25) is 0 Å². The minimum atomic E-state index is 0.0875. The van der Waals surface area contributed by atoms with Crippen LogP contribution in [0.25, 0.3) is 10.9 Å². The van der Waals surface area contributed by atoms with Gasteiger partial charge in [0.05, 0.1) is 17.3 Å². The number of fused-ring (bicyclic) bond motifs is 1. The quantitative estimate of drug-likeness (QED) is 0.666. The molecule has 0 unspecified atom stereocenters. The lowest BCUT2D eigenvalue weighted by Crippen LogP contribution is -2.47. The largest absolute Gasteiger partial charge is 0.348 e. The maximum absolute atomic E-state index is 5.51. The fraction of sp³-hybridized carbons (Fsp3) is 0.444. The number of hydrazine groups is 1. The van der Waals surface area contributed by atoms with E-state index in [0.717, 1.165) is 34.8 Å². The van der Waals surface area contributed by atoms with E-state index in [1.807, 2.05) is 18.2 Å². The molecule has 0 spiro atoms. The van der Waals surface area contributed by atoms with Gasteiger partial charge in [-0.2, -0.15) is 0 Å². The molecule has 2 N–H and O–H groups in total. The second-order valence-electron chi connectivity index (χ2n) is 6.13. The van der Waals surface area contributed by atoms with E-state index in [-0.39, 0.29) is 6.04 Å². The third-order valence-electron chi connectivity index (χ3n) is 4.35. The molecule has 4 nitrogen and oxygen atoms in total. The average molecular weight is 328 g/mol. The number of nitrogens with one attached hydrogen (secondary N) is 2. The number of rotatable bonds is 3. The third kappa shape index (κ3) is 4.18. The number of benzene rings is 1. The molecule has 1 atom stereocenters. The molecule has 122 valence electrons. The van der Waals surface area contributed by atoms with Crippen LogP contribution in [0, 0.1) is 0 Å². The normalized spacial score (nSPS) is 16.8. The topological polar surface area (TPSA) is 40.2 Å². The molecule has 1 aromatic heterocycles. The van der Waals surface area contributed by atoms with Crippen molar-refractivity contribution in [2.45, 2.75) is 38.6 Å². The number of likely N-dealkylation sites (tertiary alicyclic amines) is 1. The van der Waals surface area contributed by atoms with E-state index in [9.17, 15) is 0 Å².